The van der Waals surface area contributed by atoms with E-state index in [0.29, 0.717) is 18.0 Å². The lowest BCUT2D eigenvalue weighted by Crippen LogP contribution is -2.35. The van der Waals surface area contributed by atoms with Crippen LogP contribution in [0, 0.1) is 0 Å². The summed E-state index contributed by atoms with van der Waals surface area (Å²) in [4.78, 5) is 22.5. The van der Waals surface area contributed by atoms with Gasteiger partial charge in [-0.25, -0.2) is 0 Å². The monoisotopic (exact) mass is 263 g/mol. The van der Waals surface area contributed by atoms with Crippen LogP contribution in [0.4, 0.5) is 0 Å². The molecule has 0 aliphatic rings. The molecular weight excluding hydrogens is 242 g/mol. The van der Waals surface area contributed by atoms with E-state index in [1.807, 2.05) is 24.3 Å². The van der Waals surface area contributed by atoms with Crippen molar-refractivity contribution in [1.82, 2.24) is 5.32 Å². The summed E-state index contributed by atoms with van der Waals surface area (Å²) in [6, 6.07) is 7.20. The van der Waals surface area contributed by atoms with Gasteiger partial charge in [0, 0.05) is 12.1 Å². The molecule has 19 heavy (non-hydrogen) atoms. The molecule has 104 valence electrons. The molecule has 1 unspecified atom stereocenters. The number of carbonyl (C=O) groups is 2. The Hall–Kier alpha value is -1.68. The fraction of sp³-hybridized carbons (Fsp3) is 0.467. The van der Waals surface area contributed by atoms with Gasteiger partial charge in [-0.15, -0.1) is 0 Å². The first-order valence-corrected chi connectivity index (χ1v) is 6.51. The molecule has 4 heteroatoms. The molecule has 0 radical (unpaired) electrons. The van der Waals surface area contributed by atoms with Crippen LogP contribution in [0.15, 0.2) is 24.3 Å². The van der Waals surface area contributed by atoms with Crippen molar-refractivity contribution >= 4 is 11.8 Å². The molecule has 0 bridgehead atoms. The Morgan fingerprint density at radius 2 is 1.74 bits per heavy atom. The third-order valence-corrected chi connectivity index (χ3v) is 3.04. The number of hydrogen-bond acceptors (Lipinski definition) is 3. The van der Waals surface area contributed by atoms with E-state index >= 15 is 0 Å². The Labute approximate surface area is 113 Å². The van der Waals surface area contributed by atoms with Crippen LogP contribution in [-0.2, 0) is 4.79 Å². The van der Waals surface area contributed by atoms with Crippen molar-refractivity contribution in [1.29, 1.82) is 0 Å². The van der Waals surface area contributed by atoms with E-state index in [1.165, 1.54) is 5.56 Å². The van der Waals surface area contributed by atoms with Crippen molar-refractivity contribution in [3.63, 3.8) is 0 Å². The zero-order valence-corrected chi connectivity index (χ0v) is 11.6. The fourth-order valence-corrected chi connectivity index (χ4v) is 1.77. The number of carbonyl (C=O) groups excluding carboxylic acids is 1. The first kappa shape index (κ1) is 15.4. The van der Waals surface area contributed by atoms with Gasteiger partial charge < -0.3 is 10.4 Å². The quantitative estimate of drug-likeness (QED) is 0.741. The number of carboxylic acid groups (broad SMARTS) is 1. The van der Waals surface area contributed by atoms with E-state index in [-0.39, 0.29) is 18.2 Å². The number of benzene rings is 1. The molecule has 4 nitrogen and oxygen atoms in total. The van der Waals surface area contributed by atoms with Crippen LogP contribution < -0.4 is 5.32 Å². The van der Waals surface area contributed by atoms with E-state index in [4.69, 9.17) is 5.11 Å². The number of hydrogen-bond donors (Lipinski definition) is 2. The van der Waals surface area contributed by atoms with Crippen LogP contribution in [-0.4, -0.2) is 29.4 Å². The van der Waals surface area contributed by atoms with Crippen LogP contribution >= 0.6 is 0 Å². The summed E-state index contributed by atoms with van der Waals surface area (Å²) in [5, 5.41) is 11.5. The van der Waals surface area contributed by atoms with E-state index in [2.05, 4.69) is 19.2 Å². The van der Waals surface area contributed by atoms with Crippen LogP contribution in [0.25, 0.3) is 0 Å². The molecule has 0 heterocycles. The number of ketones is 1. The molecule has 0 saturated heterocycles. The molecule has 2 N–H and O–H groups in total. The number of Topliss-reactive ketones (excluding diaryl/α,β-unsaturated/α-hetero) is 1. The van der Waals surface area contributed by atoms with Gasteiger partial charge in [0.1, 0.15) is 0 Å². The lowest BCUT2D eigenvalue weighted by molar-refractivity contribution is -0.136. The SMILES string of the molecule is CC(NCCC(=O)O)C(=O)c1ccc(C(C)C)cc1. The maximum Gasteiger partial charge on any atom is 0.304 e. The van der Waals surface area contributed by atoms with Crippen LogP contribution in [0.1, 0.15) is 49.0 Å². The van der Waals surface area contributed by atoms with Crippen molar-refractivity contribution in [2.75, 3.05) is 6.54 Å². The normalized spacial score (nSPS) is 12.4. The smallest absolute Gasteiger partial charge is 0.304 e. The summed E-state index contributed by atoms with van der Waals surface area (Å²) < 4.78 is 0. The number of carboxylic acids is 1. The predicted molar refractivity (Wildman–Crippen MR) is 74.6 cm³/mol. The molecule has 1 aromatic carbocycles. The van der Waals surface area contributed by atoms with Crippen molar-refractivity contribution in [3.05, 3.63) is 35.4 Å². The Kier molecular flexibility index (Phi) is 5.70. The van der Waals surface area contributed by atoms with Crippen LogP contribution in [0.2, 0.25) is 0 Å². The van der Waals surface area contributed by atoms with Gasteiger partial charge in [-0.1, -0.05) is 38.1 Å². The van der Waals surface area contributed by atoms with Gasteiger partial charge >= 0.3 is 5.97 Å². The number of nitrogens with one attached hydrogen (secondary N) is 1. The van der Waals surface area contributed by atoms with Crippen molar-refractivity contribution in [2.45, 2.75) is 39.2 Å². The summed E-state index contributed by atoms with van der Waals surface area (Å²) >= 11 is 0. The van der Waals surface area contributed by atoms with Gasteiger partial charge in [-0.2, -0.15) is 0 Å². The van der Waals surface area contributed by atoms with Crippen molar-refractivity contribution in [2.24, 2.45) is 0 Å². The van der Waals surface area contributed by atoms with Gasteiger partial charge in [0.15, 0.2) is 5.78 Å². The second kappa shape index (κ2) is 7.04. The Morgan fingerprint density at radius 3 is 2.21 bits per heavy atom. The highest BCUT2D eigenvalue weighted by atomic mass is 16.4. The van der Waals surface area contributed by atoms with Crippen LogP contribution in [0.5, 0.6) is 0 Å². The zero-order valence-electron chi connectivity index (χ0n) is 11.6. The molecule has 0 fully saturated rings. The highest BCUT2D eigenvalue weighted by molar-refractivity contribution is 5.99. The molecule has 0 aliphatic carbocycles. The minimum atomic E-state index is -0.867. The summed E-state index contributed by atoms with van der Waals surface area (Å²) in [7, 11) is 0. The topological polar surface area (TPSA) is 66.4 Å². The highest BCUT2D eigenvalue weighted by Crippen LogP contribution is 2.15. The highest BCUT2D eigenvalue weighted by Gasteiger charge is 2.14. The summed E-state index contributed by atoms with van der Waals surface area (Å²) in [5.41, 5.74) is 1.85. The van der Waals surface area contributed by atoms with E-state index in [1.54, 1.807) is 6.92 Å². The molecular formula is C15H21NO3. The first-order chi connectivity index (χ1) is 8.91. The van der Waals surface area contributed by atoms with Crippen LogP contribution in [0.3, 0.4) is 0 Å². The van der Waals surface area contributed by atoms with Gasteiger partial charge in [0.2, 0.25) is 0 Å². The van der Waals surface area contributed by atoms with Gasteiger partial charge in [-0.3, -0.25) is 9.59 Å². The molecule has 1 atom stereocenters. The van der Waals surface area contributed by atoms with Gasteiger partial charge in [0.25, 0.3) is 0 Å². The number of rotatable bonds is 7. The van der Waals surface area contributed by atoms with E-state index < -0.39 is 5.97 Å². The second-order valence-electron chi connectivity index (χ2n) is 4.96. The molecule has 0 aromatic heterocycles. The van der Waals surface area contributed by atoms with E-state index in [0.717, 1.165) is 0 Å². The lowest BCUT2D eigenvalue weighted by Gasteiger charge is -2.13. The minimum absolute atomic E-state index is 0.0132. The first-order valence-electron chi connectivity index (χ1n) is 6.51. The second-order valence-corrected chi connectivity index (χ2v) is 4.96. The van der Waals surface area contributed by atoms with Crippen molar-refractivity contribution < 1.29 is 14.7 Å². The van der Waals surface area contributed by atoms with Crippen molar-refractivity contribution in [3.8, 4) is 0 Å². The molecule has 1 aromatic rings. The van der Waals surface area contributed by atoms with Gasteiger partial charge in [0.05, 0.1) is 12.5 Å². The summed E-state index contributed by atoms with van der Waals surface area (Å²) in [5.74, 6) is -0.440. The average molecular weight is 263 g/mol. The predicted octanol–water partition coefficient (Wildman–Crippen LogP) is 2.45. The van der Waals surface area contributed by atoms with Gasteiger partial charge in [-0.05, 0) is 18.4 Å². The Bertz CT molecular complexity index is 437. The fourth-order valence-electron chi connectivity index (χ4n) is 1.77. The number of aliphatic carboxylic acids is 1. The maximum atomic E-state index is 12.1. The third-order valence-electron chi connectivity index (χ3n) is 3.04. The molecule has 0 spiro atoms. The Balaban J connectivity index is 2.58. The molecule has 0 aliphatic heterocycles. The molecule has 0 amide bonds. The summed E-state index contributed by atoms with van der Waals surface area (Å²) in [6.07, 6.45) is 0.0178. The summed E-state index contributed by atoms with van der Waals surface area (Å²) in [6.45, 7) is 6.26. The Morgan fingerprint density at radius 1 is 1.16 bits per heavy atom. The zero-order chi connectivity index (χ0) is 14.4. The maximum absolute atomic E-state index is 12.1. The minimum Gasteiger partial charge on any atom is -0.481 e. The lowest BCUT2D eigenvalue weighted by atomic mass is 9.99. The average Bonchev–Trinajstić information content (AvgIpc) is 2.37. The molecule has 1 rings (SSSR count). The van der Waals surface area contributed by atoms with E-state index in [9.17, 15) is 9.59 Å². The molecule has 0 saturated carbocycles. The standard InChI is InChI=1S/C15H21NO3/c1-10(2)12-4-6-13(7-5-12)15(19)11(3)16-9-8-14(17)18/h4-7,10-11,16H,8-9H2,1-3H3,(H,17,18). The third kappa shape index (κ3) is 4.83. The largest absolute Gasteiger partial charge is 0.481 e.